The highest BCUT2D eigenvalue weighted by molar-refractivity contribution is 5.60. The molecule has 0 bridgehead atoms. The predicted molar refractivity (Wildman–Crippen MR) is 107 cm³/mol. The Morgan fingerprint density at radius 3 is 2.31 bits per heavy atom. The highest BCUT2D eigenvalue weighted by Crippen LogP contribution is 2.25. The molecule has 1 aromatic heterocycles. The predicted octanol–water partition coefficient (Wildman–Crippen LogP) is 6.97. The quantitative estimate of drug-likeness (QED) is 0.383. The van der Waals surface area contributed by atoms with Crippen LogP contribution in [0.2, 0.25) is 0 Å². The zero-order valence-corrected chi connectivity index (χ0v) is 16.3. The molecule has 0 fully saturated rings. The van der Waals surface area contributed by atoms with Crippen molar-refractivity contribution in [1.29, 1.82) is 0 Å². The van der Waals surface area contributed by atoms with Crippen molar-refractivity contribution in [3.63, 3.8) is 0 Å². The first-order chi connectivity index (χ1) is 12.7. The van der Waals surface area contributed by atoms with E-state index in [1.54, 1.807) is 6.07 Å². The maximum Gasteiger partial charge on any atom is 0.165 e. The van der Waals surface area contributed by atoms with E-state index in [1.807, 2.05) is 18.3 Å². The first-order valence-electron chi connectivity index (χ1n) is 10.1. The third-order valence-electron chi connectivity index (χ3n) is 4.60. The van der Waals surface area contributed by atoms with Gasteiger partial charge in [-0.3, -0.25) is 4.98 Å². The van der Waals surface area contributed by atoms with Crippen molar-refractivity contribution in [2.24, 2.45) is 0 Å². The summed E-state index contributed by atoms with van der Waals surface area (Å²) in [5.74, 6) is 0.0206. The van der Waals surface area contributed by atoms with Gasteiger partial charge in [0.1, 0.15) is 0 Å². The number of halogens is 1. The molecule has 2 aromatic rings. The molecule has 0 saturated carbocycles. The highest BCUT2D eigenvalue weighted by Gasteiger charge is 2.07. The standard InChI is InChI=1S/C23H32FNO/c1-3-5-6-7-8-9-10-16-26-23-15-13-20(17-21(23)24)22-14-12-19(11-4-2)18-25-22/h12-15,17-18H,3-11,16H2,1-2H3. The maximum atomic E-state index is 14.3. The molecule has 2 nitrogen and oxygen atoms in total. The number of nitrogens with zero attached hydrogens (tertiary/aromatic N) is 1. The van der Waals surface area contributed by atoms with Crippen LogP contribution in [0.15, 0.2) is 36.5 Å². The van der Waals surface area contributed by atoms with Crippen LogP contribution in [0.25, 0.3) is 11.3 Å². The van der Waals surface area contributed by atoms with Crippen molar-refractivity contribution in [2.45, 2.75) is 71.6 Å². The Bertz CT molecular complexity index is 639. The van der Waals surface area contributed by atoms with Crippen LogP contribution in [-0.2, 0) is 6.42 Å². The first kappa shape index (κ1) is 20.4. The van der Waals surface area contributed by atoms with E-state index in [9.17, 15) is 4.39 Å². The molecule has 0 saturated heterocycles. The summed E-state index contributed by atoms with van der Waals surface area (Å²) < 4.78 is 19.9. The number of unbranched alkanes of at least 4 members (excludes halogenated alkanes) is 6. The first-order valence-corrected chi connectivity index (χ1v) is 10.1. The van der Waals surface area contributed by atoms with Crippen LogP contribution >= 0.6 is 0 Å². The van der Waals surface area contributed by atoms with E-state index in [-0.39, 0.29) is 5.82 Å². The largest absolute Gasteiger partial charge is 0.491 e. The molecule has 1 heterocycles. The number of pyridine rings is 1. The van der Waals surface area contributed by atoms with E-state index < -0.39 is 0 Å². The fraction of sp³-hybridized carbons (Fsp3) is 0.522. The van der Waals surface area contributed by atoms with Crippen molar-refractivity contribution >= 4 is 0 Å². The molecule has 0 unspecified atom stereocenters. The molecule has 0 atom stereocenters. The molecule has 26 heavy (non-hydrogen) atoms. The van der Waals surface area contributed by atoms with Crippen molar-refractivity contribution in [3.8, 4) is 17.0 Å². The van der Waals surface area contributed by atoms with E-state index in [0.29, 0.717) is 12.4 Å². The van der Waals surface area contributed by atoms with Gasteiger partial charge in [-0.05, 0) is 42.7 Å². The molecule has 0 aliphatic carbocycles. The van der Waals surface area contributed by atoms with Crippen LogP contribution in [0.5, 0.6) is 5.75 Å². The Balaban J connectivity index is 1.79. The van der Waals surface area contributed by atoms with Crippen LogP contribution in [0.4, 0.5) is 4.39 Å². The van der Waals surface area contributed by atoms with Gasteiger partial charge in [0.05, 0.1) is 12.3 Å². The second-order valence-electron chi connectivity index (χ2n) is 6.92. The van der Waals surface area contributed by atoms with Gasteiger partial charge in [0.15, 0.2) is 11.6 Å². The molecular weight excluding hydrogens is 325 g/mol. The van der Waals surface area contributed by atoms with Crippen molar-refractivity contribution in [2.75, 3.05) is 6.61 Å². The van der Waals surface area contributed by atoms with Crippen LogP contribution in [0.3, 0.4) is 0 Å². The monoisotopic (exact) mass is 357 g/mol. The van der Waals surface area contributed by atoms with Gasteiger partial charge in [-0.25, -0.2) is 4.39 Å². The maximum absolute atomic E-state index is 14.3. The molecule has 0 aliphatic rings. The normalized spacial score (nSPS) is 10.9. The van der Waals surface area contributed by atoms with Gasteiger partial charge in [-0.2, -0.15) is 0 Å². The number of benzene rings is 1. The van der Waals surface area contributed by atoms with Crippen molar-refractivity contribution in [3.05, 3.63) is 47.9 Å². The van der Waals surface area contributed by atoms with Gasteiger partial charge >= 0.3 is 0 Å². The van der Waals surface area contributed by atoms with Gasteiger partial charge in [-0.1, -0.05) is 64.9 Å². The summed E-state index contributed by atoms with van der Waals surface area (Å²) in [6, 6.07) is 9.13. The fourth-order valence-electron chi connectivity index (χ4n) is 3.05. The molecule has 0 spiro atoms. The fourth-order valence-corrected chi connectivity index (χ4v) is 3.05. The summed E-state index contributed by atoms with van der Waals surface area (Å²) in [5.41, 5.74) is 2.79. The lowest BCUT2D eigenvalue weighted by molar-refractivity contribution is 0.290. The summed E-state index contributed by atoms with van der Waals surface area (Å²) in [5, 5.41) is 0. The van der Waals surface area contributed by atoms with Crippen LogP contribution in [0, 0.1) is 5.82 Å². The second-order valence-corrected chi connectivity index (χ2v) is 6.92. The van der Waals surface area contributed by atoms with E-state index in [0.717, 1.165) is 36.9 Å². The average molecular weight is 358 g/mol. The number of hydrogen-bond donors (Lipinski definition) is 0. The summed E-state index contributed by atoms with van der Waals surface area (Å²) in [7, 11) is 0. The number of ether oxygens (including phenoxy) is 1. The van der Waals surface area contributed by atoms with E-state index in [4.69, 9.17) is 4.74 Å². The number of hydrogen-bond acceptors (Lipinski definition) is 2. The number of rotatable bonds is 12. The minimum atomic E-state index is -0.315. The Kier molecular flexibility index (Phi) is 9.16. The van der Waals surface area contributed by atoms with E-state index in [1.165, 1.54) is 43.7 Å². The van der Waals surface area contributed by atoms with Gasteiger partial charge in [0, 0.05) is 11.8 Å². The van der Waals surface area contributed by atoms with Crippen LogP contribution in [0.1, 0.15) is 70.8 Å². The average Bonchev–Trinajstić information content (AvgIpc) is 2.66. The number of aromatic nitrogens is 1. The minimum absolute atomic E-state index is 0.315. The van der Waals surface area contributed by atoms with Crippen LogP contribution in [-0.4, -0.2) is 11.6 Å². The Morgan fingerprint density at radius 1 is 0.885 bits per heavy atom. The van der Waals surface area contributed by atoms with E-state index >= 15 is 0 Å². The lowest BCUT2D eigenvalue weighted by Gasteiger charge is -2.09. The van der Waals surface area contributed by atoms with E-state index in [2.05, 4.69) is 24.9 Å². The molecule has 0 amide bonds. The summed E-state index contributed by atoms with van der Waals surface area (Å²) in [6.45, 7) is 4.95. The highest BCUT2D eigenvalue weighted by atomic mass is 19.1. The van der Waals surface area contributed by atoms with Gasteiger partial charge in [-0.15, -0.1) is 0 Å². The number of aryl methyl sites for hydroxylation is 1. The molecule has 0 aliphatic heterocycles. The molecule has 0 N–H and O–H groups in total. The van der Waals surface area contributed by atoms with Crippen molar-refractivity contribution < 1.29 is 9.13 Å². The molecule has 2 rings (SSSR count). The molecule has 3 heteroatoms. The smallest absolute Gasteiger partial charge is 0.165 e. The van der Waals surface area contributed by atoms with Gasteiger partial charge in [0.2, 0.25) is 0 Å². The van der Waals surface area contributed by atoms with Gasteiger partial charge < -0.3 is 4.74 Å². The van der Waals surface area contributed by atoms with Crippen molar-refractivity contribution in [1.82, 2.24) is 4.98 Å². The SMILES string of the molecule is CCCCCCCCCOc1ccc(-c2ccc(CCC)cn2)cc1F. The Hall–Kier alpha value is -1.90. The summed E-state index contributed by atoms with van der Waals surface area (Å²) >= 11 is 0. The third kappa shape index (κ3) is 6.78. The minimum Gasteiger partial charge on any atom is -0.491 e. The Morgan fingerprint density at radius 2 is 1.65 bits per heavy atom. The summed E-state index contributed by atoms with van der Waals surface area (Å²) in [4.78, 5) is 4.45. The molecule has 0 radical (unpaired) electrons. The molecule has 142 valence electrons. The summed E-state index contributed by atoms with van der Waals surface area (Å²) in [6.07, 6.45) is 12.6. The topological polar surface area (TPSA) is 22.1 Å². The zero-order chi connectivity index (χ0) is 18.6. The van der Waals surface area contributed by atoms with Gasteiger partial charge in [0.25, 0.3) is 0 Å². The lowest BCUT2D eigenvalue weighted by atomic mass is 10.1. The van der Waals surface area contributed by atoms with Crippen LogP contribution < -0.4 is 4.74 Å². The Labute approximate surface area is 157 Å². The molecule has 1 aromatic carbocycles. The third-order valence-corrected chi connectivity index (χ3v) is 4.60. The molecular formula is C23H32FNO. The zero-order valence-electron chi connectivity index (χ0n) is 16.3. The second kappa shape index (κ2) is 11.7. The lowest BCUT2D eigenvalue weighted by Crippen LogP contribution is -1.99.